The number of aromatic amines is 1. The van der Waals surface area contributed by atoms with Gasteiger partial charge in [-0.3, -0.25) is 9.69 Å². The van der Waals surface area contributed by atoms with Crippen LogP contribution in [0.1, 0.15) is 40.5 Å². The number of hydrogen-bond donors (Lipinski definition) is 1. The quantitative estimate of drug-likeness (QED) is 0.784. The molecule has 0 spiro atoms. The molecule has 6 heteroatoms. The predicted molar refractivity (Wildman–Crippen MR) is 96.5 cm³/mol. The molecule has 0 amide bonds. The van der Waals surface area contributed by atoms with E-state index in [1.165, 1.54) is 21.7 Å². The van der Waals surface area contributed by atoms with Crippen LogP contribution in [0.5, 0.6) is 0 Å². The van der Waals surface area contributed by atoms with E-state index in [0.29, 0.717) is 12.6 Å². The van der Waals surface area contributed by atoms with E-state index in [4.69, 9.17) is 4.98 Å². The van der Waals surface area contributed by atoms with E-state index in [1.54, 1.807) is 22.7 Å². The van der Waals surface area contributed by atoms with Crippen LogP contribution in [0.3, 0.4) is 0 Å². The van der Waals surface area contributed by atoms with E-state index >= 15 is 0 Å². The summed E-state index contributed by atoms with van der Waals surface area (Å²) < 4.78 is 0. The molecule has 0 saturated heterocycles. The van der Waals surface area contributed by atoms with Gasteiger partial charge in [-0.15, -0.1) is 22.7 Å². The van der Waals surface area contributed by atoms with Crippen molar-refractivity contribution in [2.24, 2.45) is 0 Å². The first-order valence-corrected chi connectivity index (χ1v) is 9.60. The van der Waals surface area contributed by atoms with Crippen LogP contribution in [-0.2, 0) is 19.4 Å². The SMILES string of the molecule is CC(c1cccs1)N(C)Cc1nc2sc3c(c2c(=O)[nH]1)CCC3. The highest BCUT2D eigenvalue weighted by Gasteiger charge is 2.21. The third-order valence-electron chi connectivity index (χ3n) is 4.64. The number of nitrogens with one attached hydrogen (secondary N) is 1. The maximum Gasteiger partial charge on any atom is 0.259 e. The second-order valence-electron chi connectivity index (χ2n) is 6.16. The lowest BCUT2D eigenvalue weighted by atomic mass is 10.2. The van der Waals surface area contributed by atoms with Gasteiger partial charge in [0.2, 0.25) is 0 Å². The van der Waals surface area contributed by atoms with Crippen molar-refractivity contribution in [1.82, 2.24) is 14.9 Å². The molecule has 0 radical (unpaired) electrons. The Morgan fingerprint density at radius 1 is 1.43 bits per heavy atom. The number of hydrogen-bond acceptors (Lipinski definition) is 5. The zero-order chi connectivity index (χ0) is 16.0. The van der Waals surface area contributed by atoms with Gasteiger partial charge in [0.25, 0.3) is 5.56 Å². The first kappa shape index (κ1) is 15.1. The molecule has 0 aliphatic heterocycles. The lowest BCUT2D eigenvalue weighted by Gasteiger charge is -2.23. The molecular formula is C17H19N3OS2. The van der Waals surface area contributed by atoms with Crippen LogP contribution in [0.4, 0.5) is 0 Å². The molecule has 1 unspecified atom stereocenters. The Kier molecular flexibility index (Phi) is 3.83. The third-order valence-corrected chi connectivity index (χ3v) is 6.87. The van der Waals surface area contributed by atoms with Crippen molar-refractivity contribution >= 4 is 32.9 Å². The van der Waals surface area contributed by atoms with Crippen molar-refractivity contribution in [2.45, 2.75) is 38.8 Å². The summed E-state index contributed by atoms with van der Waals surface area (Å²) >= 11 is 3.46. The minimum Gasteiger partial charge on any atom is -0.309 e. The molecule has 0 saturated carbocycles. The van der Waals surface area contributed by atoms with E-state index in [1.807, 2.05) is 0 Å². The lowest BCUT2D eigenvalue weighted by Crippen LogP contribution is -2.24. The molecule has 4 rings (SSSR count). The standard InChI is InChI=1S/C17H19N3OS2/c1-10(12-7-4-8-22-12)20(2)9-14-18-16(21)15-11-5-3-6-13(11)23-17(15)19-14/h4,7-8,10H,3,5-6,9H2,1-2H3,(H,18,19,21). The molecule has 120 valence electrons. The fourth-order valence-electron chi connectivity index (χ4n) is 3.24. The molecule has 1 aliphatic carbocycles. The number of rotatable bonds is 4. The average molecular weight is 345 g/mol. The molecule has 1 atom stereocenters. The zero-order valence-electron chi connectivity index (χ0n) is 13.3. The van der Waals surface area contributed by atoms with Gasteiger partial charge in [0.1, 0.15) is 10.7 Å². The van der Waals surface area contributed by atoms with Gasteiger partial charge in [-0.25, -0.2) is 4.98 Å². The van der Waals surface area contributed by atoms with Crippen molar-refractivity contribution in [3.63, 3.8) is 0 Å². The molecule has 0 fully saturated rings. The largest absolute Gasteiger partial charge is 0.309 e. The highest BCUT2D eigenvalue weighted by molar-refractivity contribution is 7.18. The highest BCUT2D eigenvalue weighted by atomic mass is 32.1. The Bertz CT molecular complexity index is 895. The summed E-state index contributed by atoms with van der Waals surface area (Å²) in [7, 11) is 2.07. The Morgan fingerprint density at radius 3 is 3.09 bits per heavy atom. The summed E-state index contributed by atoms with van der Waals surface area (Å²) in [5, 5.41) is 2.93. The van der Waals surface area contributed by atoms with Gasteiger partial charge < -0.3 is 4.98 Å². The van der Waals surface area contributed by atoms with E-state index in [2.05, 4.69) is 41.4 Å². The molecule has 0 bridgehead atoms. The molecule has 0 aromatic carbocycles. The van der Waals surface area contributed by atoms with Crippen LogP contribution < -0.4 is 5.56 Å². The average Bonchev–Trinajstić information content (AvgIpc) is 3.22. The van der Waals surface area contributed by atoms with Gasteiger partial charge >= 0.3 is 0 Å². The smallest absolute Gasteiger partial charge is 0.259 e. The number of thiophene rings is 2. The summed E-state index contributed by atoms with van der Waals surface area (Å²) in [6.45, 7) is 2.83. The van der Waals surface area contributed by atoms with Crippen molar-refractivity contribution in [3.05, 3.63) is 49.0 Å². The van der Waals surface area contributed by atoms with Crippen molar-refractivity contribution in [3.8, 4) is 0 Å². The van der Waals surface area contributed by atoms with Gasteiger partial charge in [-0.1, -0.05) is 6.07 Å². The highest BCUT2D eigenvalue weighted by Crippen LogP contribution is 2.34. The van der Waals surface area contributed by atoms with Gasteiger partial charge in [-0.05, 0) is 50.2 Å². The Labute approximate surface area is 142 Å². The summed E-state index contributed by atoms with van der Waals surface area (Å²) in [5.74, 6) is 0.758. The van der Waals surface area contributed by atoms with Crippen molar-refractivity contribution < 1.29 is 0 Å². The minimum absolute atomic E-state index is 0.0292. The topological polar surface area (TPSA) is 49.0 Å². The summed E-state index contributed by atoms with van der Waals surface area (Å²) in [4.78, 5) is 26.0. The first-order valence-electron chi connectivity index (χ1n) is 7.90. The van der Waals surface area contributed by atoms with Crippen LogP contribution in [-0.4, -0.2) is 21.9 Å². The van der Waals surface area contributed by atoms with Crippen molar-refractivity contribution in [1.29, 1.82) is 0 Å². The number of nitrogens with zero attached hydrogens (tertiary/aromatic N) is 2. The maximum atomic E-state index is 12.5. The fourth-order valence-corrected chi connectivity index (χ4v) is 5.37. The van der Waals surface area contributed by atoms with E-state index < -0.39 is 0 Å². The van der Waals surface area contributed by atoms with Crippen LogP contribution >= 0.6 is 22.7 Å². The monoisotopic (exact) mass is 345 g/mol. The number of aromatic nitrogens is 2. The van der Waals surface area contributed by atoms with Crippen molar-refractivity contribution in [2.75, 3.05) is 7.05 Å². The molecular weight excluding hydrogens is 326 g/mol. The second-order valence-corrected chi connectivity index (χ2v) is 8.22. The van der Waals surface area contributed by atoms with Gasteiger partial charge in [0.15, 0.2) is 0 Å². The molecule has 1 aliphatic rings. The Morgan fingerprint density at radius 2 is 2.30 bits per heavy atom. The molecule has 1 N–H and O–H groups in total. The molecule has 3 aromatic heterocycles. The summed E-state index contributed by atoms with van der Waals surface area (Å²) in [6, 6.07) is 4.53. The minimum atomic E-state index is 0.0292. The number of H-pyrrole nitrogens is 1. The summed E-state index contributed by atoms with van der Waals surface area (Å²) in [6.07, 6.45) is 3.29. The molecule has 3 aromatic rings. The van der Waals surface area contributed by atoms with Gasteiger partial charge in [0.05, 0.1) is 11.9 Å². The second kappa shape index (κ2) is 5.85. The van der Waals surface area contributed by atoms with Crippen LogP contribution in [0.2, 0.25) is 0 Å². The molecule has 4 nitrogen and oxygen atoms in total. The first-order chi connectivity index (χ1) is 11.1. The van der Waals surface area contributed by atoms with Crippen LogP contribution in [0.15, 0.2) is 22.3 Å². The predicted octanol–water partition coefficient (Wildman–Crippen LogP) is 3.73. The lowest BCUT2D eigenvalue weighted by molar-refractivity contribution is 0.250. The maximum absolute atomic E-state index is 12.5. The number of fused-ring (bicyclic) bond motifs is 3. The zero-order valence-corrected chi connectivity index (χ0v) is 14.9. The number of aryl methyl sites for hydroxylation is 2. The Hall–Kier alpha value is -1.50. The van der Waals surface area contributed by atoms with Gasteiger partial charge in [-0.2, -0.15) is 0 Å². The van der Waals surface area contributed by atoms with Crippen LogP contribution in [0.25, 0.3) is 10.2 Å². The third kappa shape index (κ3) is 2.65. The summed E-state index contributed by atoms with van der Waals surface area (Å²) in [5.41, 5.74) is 1.27. The van der Waals surface area contributed by atoms with E-state index in [-0.39, 0.29) is 5.56 Å². The molecule has 3 heterocycles. The Balaban J connectivity index is 1.64. The van der Waals surface area contributed by atoms with Crippen LogP contribution in [0, 0.1) is 0 Å². The van der Waals surface area contributed by atoms with E-state index in [0.717, 1.165) is 28.9 Å². The van der Waals surface area contributed by atoms with Gasteiger partial charge in [0, 0.05) is 15.8 Å². The molecule has 23 heavy (non-hydrogen) atoms. The normalized spacial score (nSPS) is 15.4. The van der Waals surface area contributed by atoms with E-state index in [9.17, 15) is 4.79 Å². The fraction of sp³-hybridized carbons (Fsp3) is 0.412.